The Morgan fingerprint density at radius 1 is 1.30 bits per heavy atom. The highest BCUT2D eigenvalue weighted by atomic mass is 35.5. The number of carboxylic acids is 1. The molecule has 158 valence electrons. The number of aromatic hydroxyl groups is 1. The first-order valence-electron chi connectivity index (χ1n) is 10.1. The van der Waals surface area contributed by atoms with Crippen LogP contribution in [0.25, 0.3) is 11.6 Å². The van der Waals surface area contributed by atoms with Gasteiger partial charge in [-0.05, 0) is 56.5 Å². The number of carbonyl (C=O) groups is 1. The number of hydrogen-bond acceptors (Lipinski definition) is 4. The van der Waals surface area contributed by atoms with Crippen molar-refractivity contribution in [3.63, 3.8) is 0 Å². The lowest BCUT2D eigenvalue weighted by atomic mass is 9.95. The van der Waals surface area contributed by atoms with Crippen LogP contribution in [0, 0.1) is 0 Å². The third-order valence-corrected chi connectivity index (χ3v) is 5.59. The van der Waals surface area contributed by atoms with E-state index in [1.807, 2.05) is 18.2 Å². The van der Waals surface area contributed by atoms with E-state index in [0.717, 1.165) is 30.5 Å². The van der Waals surface area contributed by atoms with E-state index in [4.69, 9.17) is 16.6 Å². The van der Waals surface area contributed by atoms with Crippen LogP contribution >= 0.6 is 11.6 Å². The van der Waals surface area contributed by atoms with Gasteiger partial charge in [-0.15, -0.1) is 0 Å². The van der Waals surface area contributed by atoms with E-state index >= 15 is 0 Å². The molecule has 2 heterocycles. The summed E-state index contributed by atoms with van der Waals surface area (Å²) in [5.41, 5.74) is 2.75. The molecule has 0 saturated carbocycles. The van der Waals surface area contributed by atoms with E-state index in [2.05, 4.69) is 25.3 Å². The minimum absolute atomic E-state index is 0.127. The number of rotatable bonds is 4. The Labute approximate surface area is 182 Å². The summed E-state index contributed by atoms with van der Waals surface area (Å²) in [4.78, 5) is 19.1. The number of nitrogens with zero attached hydrogens (tertiary/aromatic N) is 2. The maximum absolute atomic E-state index is 12.1. The van der Waals surface area contributed by atoms with Crippen LogP contribution in [0.5, 0.6) is 5.75 Å². The van der Waals surface area contributed by atoms with Gasteiger partial charge >= 0.3 is 5.97 Å². The van der Waals surface area contributed by atoms with Gasteiger partial charge in [-0.2, -0.15) is 0 Å². The number of halogens is 1. The standard InChI is InChI=1S/C24H27ClN2O3/c1-15(2)27-12-6-4-5-7-19-21(24(29)30)23(28)20(26-22(19)16(3)14-27)13-17-8-10-18(25)11-9-17/h5,7-11,15,28H,3-4,6,12-14H2,1-2H3,(H,29,30)/b7-5-. The molecule has 2 N–H and O–H groups in total. The number of aromatic carboxylic acids is 1. The molecule has 0 unspecified atom stereocenters. The lowest BCUT2D eigenvalue weighted by Crippen LogP contribution is -2.33. The van der Waals surface area contributed by atoms with Crippen LogP contribution in [0.1, 0.15) is 59.6 Å². The van der Waals surface area contributed by atoms with Gasteiger partial charge in [0.1, 0.15) is 5.56 Å². The van der Waals surface area contributed by atoms with Gasteiger partial charge in [0.2, 0.25) is 0 Å². The van der Waals surface area contributed by atoms with Crippen molar-refractivity contribution in [2.45, 2.75) is 39.2 Å². The molecule has 1 aromatic heterocycles. The van der Waals surface area contributed by atoms with Gasteiger partial charge in [0.05, 0.1) is 11.4 Å². The Hall–Kier alpha value is -2.63. The molecule has 0 bridgehead atoms. The number of benzene rings is 1. The molecule has 2 aromatic rings. The van der Waals surface area contributed by atoms with Crippen LogP contribution in [0.2, 0.25) is 5.02 Å². The molecule has 1 aliphatic heterocycles. The summed E-state index contributed by atoms with van der Waals surface area (Å²) in [7, 11) is 0. The molecule has 5 nitrogen and oxygen atoms in total. The summed E-state index contributed by atoms with van der Waals surface area (Å²) in [6.07, 6.45) is 5.78. The van der Waals surface area contributed by atoms with E-state index in [0.29, 0.717) is 41.0 Å². The Kier molecular flexibility index (Phi) is 6.95. The molecule has 0 spiro atoms. The summed E-state index contributed by atoms with van der Waals surface area (Å²) < 4.78 is 0. The second-order valence-electron chi connectivity index (χ2n) is 7.87. The smallest absolute Gasteiger partial charge is 0.340 e. The summed E-state index contributed by atoms with van der Waals surface area (Å²) in [5, 5.41) is 21.3. The van der Waals surface area contributed by atoms with Crippen LogP contribution in [0.4, 0.5) is 0 Å². The first kappa shape index (κ1) is 22.1. The number of fused-ring (bicyclic) bond motifs is 1. The van der Waals surface area contributed by atoms with Crippen molar-refractivity contribution in [3.05, 3.63) is 70.0 Å². The minimum atomic E-state index is -1.18. The maximum atomic E-state index is 12.1. The summed E-state index contributed by atoms with van der Waals surface area (Å²) >= 11 is 5.96. The van der Waals surface area contributed by atoms with E-state index in [1.165, 1.54) is 0 Å². The van der Waals surface area contributed by atoms with Crippen LogP contribution in [-0.2, 0) is 6.42 Å². The topological polar surface area (TPSA) is 73.7 Å². The summed E-state index contributed by atoms with van der Waals surface area (Å²) in [6.45, 7) is 10.0. The fourth-order valence-corrected chi connectivity index (χ4v) is 3.78. The van der Waals surface area contributed by atoms with Gasteiger partial charge in [0.25, 0.3) is 0 Å². The molecule has 0 saturated heterocycles. The quantitative estimate of drug-likeness (QED) is 0.697. The minimum Gasteiger partial charge on any atom is -0.505 e. The second kappa shape index (κ2) is 9.45. The van der Waals surface area contributed by atoms with E-state index < -0.39 is 5.97 Å². The number of aromatic nitrogens is 1. The van der Waals surface area contributed by atoms with Gasteiger partial charge in [-0.3, -0.25) is 4.90 Å². The molecule has 0 fully saturated rings. The van der Waals surface area contributed by atoms with Gasteiger partial charge in [-0.25, -0.2) is 9.78 Å². The predicted molar refractivity (Wildman–Crippen MR) is 121 cm³/mol. The Balaban J connectivity index is 2.14. The van der Waals surface area contributed by atoms with Crippen molar-refractivity contribution in [1.82, 2.24) is 9.88 Å². The van der Waals surface area contributed by atoms with Crippen LogP contribution < -0.4 is 0 Å². The van der Waals surface area contributed by atoms with E-state index in [1.54, 1.807) is 18.2 Å². The molecular weight excluding hydrogens is 400 g/mol. The van der Waals surface area contributed by atoms with E-state index in [9.17, 15) is 15.0 Å². The monoisotopic (exact) mass is 426 g/mol. The first-order valence-corrected chi connectivity index (χ1v) is 10.5. The number of pyridine rings is 1. The molecular formula is C24H27ClN2O3. The lowest BCUT2D eigenvalue weighted by molar-refractivity contribution is 0.0693. The number of allylic oxidation sites excluding steroid dienone is 1. The molecule has 30 heavy (non-hydrogen) atoms. The van der Waals surface area contributed by atoms with Crippen molar-refractivity contribution in [3.8, 4) is 5.75 Å². The highest BCUT2D eigenvalue weighted by molar-refractivity contribution is 6.30. The molecule has 3 rings (SSSR count). The molecule has 0 radical (unpaired) electrons. The highest BCUT2D eigenvalue weighted by Crippen LogP contribution is 2.33. The first-order chi connectivity index (χ1) is 14.3. The number of hydrogen-bond donors (Lipinski definition) is 2. The zero-order valence-electron chi connectivity index (χ0n) is 17.4. The largest absolute Gasteiger partial charge is 0.505 e. The zero-order chi connectivity index (χ0) is 21.8. The average Bonchev–Trinajstić information content (AvgIpc) is 2.69. The van der Waals surface area contributed by atoms with Crippen LogP contribution in [0.15, 0.2) is 36.9 Å². The van der Waals surface area contributed by atoms with E-state index in [-0.39, 0.29) is 11.3 Å². The highest BCUT2D eigenvalue weighted by Gasteiger charge is 2.25. The lowest BCUT2D eigenvalue weighted by Gasteiger charge is -2.28. The van der Waals surface area contributed by atoms with Crippen molar-refractivity contribution in [1.29, 1.82) is 0 Å². The fraction of sp³-hybridized carbons (Fsp3) is 0.333. The average molecular weight is 427 g/mol. The van der Waals surface area contributed by atoms with Crippen LogP contribution in [0.3, 0.4) is 0 Å². The van der Waals surface area contributed by atoms with Gasteiger partial charge in [-0.1, -0.05) is 42.5 Å². The second-order valence-corrected chi connectivity index (χ2v) is 8.30. The normalized spacial score (nSPS) is 16.3. The predicted octanol–water partition coefficient (Wildman–Crippen LogP) is 5.26. The van der Waals surface area contributed by atoms with Crippen molar-refractivity contribution in [2.75, 3.05) is 13.1 Å². The Morgan fingerprint density at radius 3 is 2.63 bits per heavy atom. The molecule has 0 amide bonds. The summed E-state index contributed by atoms with van der Waals surface area (Å²) in [5.74, 6) is -1.48. The van der Waals surface area contributed by atoms with Gasteiger partial charge < -0.3 is 10.2 Å². The molecule has 0 atom stereocenters. The third-order valence-electron chi connectivity index (χ3n) is 5.34. The Morgan fingerprint density at radius 2 is 2.00 bits per heavy atom. The fourth-order valence-electron chi connectivity index (χ4n) is 3.66. The zero-order valence-corrected chi connectivity index (χ0v) is 18.1. The van der Waals surface area contributed by atoms with Gasteiger partial charge in [0.15, 0.2) is 5.75 Å². The SMILES string of the molecule is C=C1CN(C(C)C)CCC/C=C\c2c1nc(Cc1ccc(Cl)cc1)c(O)c2C(=O)O. The molecule has 1 aromatic carbocycles. The maximum Gasteiger partial charge on any atom is 0.340 e. The number of carboxylic acid groups (broad SMARTS) is 1. The van der Waals surface area contributed by atoms with Crippen molar-refractivity contribution in [2.24, 2.45) is 0 Å². The molecule has 1 aliphatic rings. The Bertz CT molecular complexity index is 981. The third kappa shape index (κ3) is 4.91. The molecule has 6 heteroatoms. The van der Waals surface area contributed by atoms with Crippen molar-refractivity contribution < 1.29 is 15.0 Å². The van der Waals surface area contributed by atoms with Crippen molar-refractivity contribution >= 4 is 29.2 Å². The summed E-state index contributed by atoms with van der Waals surface area (Å²) in [6, 6.07) is 7.53. The molecule has 0 aliphatic carbocycles. The van der Waals surface area contributed by atoms with Gasteiger partial charge in [0, 0.05) is 29.6 Å². The van der Waals surface area contributed by atoms with Crippen LogP contribution in [-0.4, -0.2) is 45.2 Å².